The summed E-state index contributed by atoms with van der Waals surface area (Å²) in [5.41, 5.74) is -0.0476. The minimum Gasteiger partial charge on any atom is -0.493 e. The van der Waals surface area contributed by atoms with Gasteiger partial charge in [-0.05, 0) is 25.5 Å². The summed E-state index contributed by atoms with van der Waals surface area (Å²) in [6.45, 7) is 1.91. The van der Waals surface area contributed by atoms with E-state index >= 15 is 0 Å². The van der Waals surface area contributed by atoms with Gasteiger partial charge in [0.15, 0.2) is 5.76 Å². The van der Waals surface area contributed by atoms with Gasteiger partial charge in [-0.15, -0.1) is 0 Å². The molecule has 2 spiro atoms. The summed E-state index contributed by atoms with van der Waals surface area (Å²) >= 11 is 0. The molecule has 2 N–H and O–H groups in total. The van der Waals surface area contributed by atoms with Crippen LogP contribution in [0.5, 0.6) is 0 Å². The molecule has 3 unspecified atom stereocenters. The van der Waals surface area contributed by atoms with E-state index in [9.17, 15) is 5.11 Å². The maximum atomic E-state index is 9.95. The zero-order chi connectivity index (χ0) is 13.8. The summed E-state index contributed by atoms with van der Waals surface area (Å²) in [5, 5.41) is 13.5. The topological polar surface area (TPSA) is 50.7 Å². The van der Waals surface area contributed by atoms with Crippen molar-refractivity contribution in [3.8, 4) is 0 Å². The van der Waals surface area contributed by atoms with Crippen LogP contribution in [0.4, 0.5) is 0 Å². The van der Waals surface area contributed by atoms with Crippen molar-refractivity contribution in [2.24, 2.45) is 10.8 Å². The molecule has 0 aromatic rings. The Labute approximate surface area is 119 Å². The number of piperidine rings is 1. The quantitative estimate of drug-likeness (QED) is 0.712. The molecule has 0 bridgehead atoms. The van der Waals surface area contributed by atoms with Gasteiger partial charge in [0.25, 0.3) is 0 Å². The van der Waals surface area contributed by atoms with Crippen LogP contribution in [0.25, 0.3) is 0 Å². The van der Waals surface area contributed by atoms with E-state index in [4.69, 9.17) is 9.47 Å². The summed E-state index contributed by atoms with van der Waals surface area (Å²) in [6, 6.07) is 0. The standard InChI is InChI=1S/C16H21NO3/c1-19-12-3-2-5-16-10-17-8-7-15(16)6-4-11(18)9-13(15)20-14(12)16/h2-4,6,11,13,17-18H,5,7-10H2,1H3/t11-,13?,15?,16?/m0/s1. The molecule has 108 valence electrons. The first kappa shape index (κ1) is 12.5. The first-order valence-corrected chi connectivity index (χ1v) is 7.42. The molecule has 4 atom stereocenters. The summed E-state index contributed by atoms with van der Waals surface area (Å²) in [6.07, 6.45) is 10.8. The smallest absolute Gasteiger partial charge is 0.156 e. The van der Waals surface area contributed by atoms with Crippen LogP contribution in [0, 0.1) is 10.8 Å². The maximum absolute atomic E-state index is 9.95. The van der Waals surface area contributed by atoms with Crippen molar-refractivity contribution in [3.63, 3.8) is 0 Å². The third-order valence-corrected chi connectivity index (χ3v) is 5.55. The molecule has 0 radical (unpaired) electrons. The van der Waals surface area contributed by atoms with Crippen LogP contribution in [0.3, 0.4) is 0 Å². The van der Waals surface area contributed by atoms with Crippen LogP contribution in [-0.4, -0.2) is 37.5 Å². The normalized spacial score (nSPS) is 45.5. The molecule has 0 aromatic carbocycles. The fourth-order valence-electron chi connectivity index (χ4n) is 4.56. The van der Waals surface area contributed by atoms with Crippen LogP contribution in [0.15, 0.2) is 35.8 Å². The molecule has 2 aliphatic heterocycles. The van der Waals surface area contributed by atoms with E-state index in [2.05, 4.69) is 17.5 Å². The molecule has 2 aliphatic carbocycles. The minimum absolute atomic E-state index is 0.00134. The second kappa shape index (κ2) is 4.12. The zero-order valence-electron chi connectivity index (χ0n) is 11.8. The van der Waals surface area contributed by atoms with Crippen molar-refractivity contribution in [2.45, 2.75) is 31.5 Å². The van der Waals surface area contributed by atoms with Crippen molar-refractivity contribution in [2.75, 3.05) is 20.2 Å². The lowest BCUT2D eigenvalue weighted by atomic mass is 9.54. The van der Waals surface area contributed by atoms with Crippen molar-refractivity contribution >= 4 is 0 Å². The van der Waals surface area contributed by atoms with Crippen molar-refractivity contribution in [1.29, 1.82) is 0 Å². The zero-order valence-corrected chi connectivity index (χ0v) is 11.8. The van der Waals surface area contributed by atoms with Crippen molar-refractivity contribution < 1.29 is 14.6 Å². The van der Waals surface area contributed by atoms with Crippen LogP contribution >= 0.6 is 0 Å². The fraction of sp³-hybridized carbons (Fsp3) is 0.625. The average molecular weight is 275 g/mol. The van der Waals surface area contributed by atoms with E-state index < -0.39 is 6.10 Å². The number of allylic oxidation sites excluding steroid dienone is 2. The van der Waals surface area contributed by atoms with Gasteiger partial charge >= 0.3 is 0 Å². The second-order valence-corrected chi connectivity index (χ2v) is 6.32. The molecule has 4 heteroatoms. The summed E-state index contributed by atoms with van der Waals surface area (Å²) < 4.78 is 11.9. The molecular weight excluding hydrogens is 254 g/mol. The van der Waals surface area contributed by atoms with E-state index in [0.29, 0.717) is 6.42 Å². The van der Waals surface area contributed by atoms with Gasteiger partial charge in [-0.25, -0.2) is 0 Å². The largest absolute Gasteiger partial charge is 0.493 e. The van der Waals surface area contributed by atoms with Crippen LogP contribution < -0.4 is 5.32 Å². The molecule has 2 saturated heterocycles. The first-order valence-electron chi connectivity index (χ1n) is 7.42. The molecular formula is C16H21NO3. The Balaban J connectivity index is 1.90. The van der Waals surface area contributed by atoms with Gasteiger partial charge in [-0.1, -0.05) is 18.2 Å². The number of ether oxygens (including phenoxy) is 2. The van der Waals surface area contributed by atoms with Crippen LogP contribution in [-0.2, 0) is 9.47 Å². The van der Waals surface area contributed by atoms with E-state index in [1.165, 1.54) is 0 Å². The highest BCUT2D eigenvalue weighted by Gasteiger charge is 2.66. The van der Waals surface area contributed by atoms with Crippen molar-refractivity contribution in [1.82, 2.24) is 5.32 Å². The predicted octanol–water partition coefficient (Wildman–Crippen LogP) is 1.49. The van der Waals surface area contributed by atoms with Crippen LogP contribution in [0.1, 0.15) is 19.3 Å². The average Bonchev–Trinajstić information content (AvgIpc) is 2.77. The Kier molecular flexibility index (Phi) is 2.57. The Morgan fingerprint density at radius 1 is 1.50 bits per heavy atom. The van der Waals surface area contributed by atoms with Gasteiger partial charge in [-0.2, -0.15) is 0 Å². The van der Waals surface area contributed by atoms with Gasteiger partial charge in [0.1, 0.15) is 11.9 Å². The second-order valence-electron chi connectivity index (χ2n) is 6.32. The van der Waals surface area contributed by atoms with Crippen molar-refractivity contribution in [3.05, 3.63) is 35.8 Å². The molecule has 0 amide bonds. The van der Waals surface area contributed by atoms with Gasteiger partial charge in [-0.3, -0.25) is 0 Å². The summed E-state index contributed by atoms with van der Waals surface area (Å²) in [5.74, 6) is 1.83. The highest BCUT2D eigenvalue weighted by atomic mass is 16.5. The number of aliphatic hydroxyl groups excluding tert-OH is 1. The number of methoxy groups -OCH3 is 1. The highest BCUT2D eigenvalue weighted by molar-refractivity contribution is 5.40. The molecule has 4 aliphatic rings. The lowest BCUT2D eigenvalue weighted by Gasteiger charge is -2.50. The van der Waals surface area contributed by atoms with E-state index in [1.54, 1.807) is 7.11 Å². The summed E-state index contributed by atoms with van der Waals surface area (Å²) in [7, 11) is 1.70. The number of aliphatic hydroxyl groups is 1. The molecule has 2 fully saturated rings. The predicted molar refractivity (Wildman–Crippen MR) is 74.8 cm³/mol. The Morgan fingerprint density at radius 2 is 2.40 bits per heavy atom. The Hall–Kier alpha value is -1.26. The SMILES string of the molecule is COC1=C2OC3C[C@@H](O)C=CC34CCNCC24CC=C1. The van der Waals surface area contributed by atoms with E-state index in [0.717, 1.165) is 37.4 Å². The molecule has 20 heavy (non-hydrogen) atoms. The lowest BCUT2D eigenvalue weighted by Crippen LogP contribution is -2.56. The summed E-state index contributed by atoms with van der Waals surface area (Å²) in [4.78, 5) is 0. The Morgan fingerprint density at radius 3 is 3.25 bits per heavy atom. The van der Waals surface area contributed by atoms with Gasteiger partial charge < -0.3 is 19.9 Å². The highest BCUT2D eigenvalue weighted by Crippen LogP contribution is 2.64. The number of rotatable bonds is 1. The fourth-order valence-corrected chi connectivity index (χ4v) is 4.56. The van der Waals surface area contributed by atoms with E-state index in [1.807, 2.05) is 12.2 Å². The molecule has 4 nitrogen and oxygen atoms in total. The molecule has 0 saturated carbocycles. The number of hydrogen-bond acceptors (Lipinski definition) is 4. The maximum Gasteiger partial charge on any atom is 0.156 e. The van der Waals surface area contributed by atoms with Gasteiger partial charge in [0.05, 0.1) is 18.6 Å². The Bertz CT molecular complexity index is 524. The molecule has 2 heterocycles. The third kappa shape index (κ3) is 1.33. The van der Waals surface area contributed by atoms with Crippen LogP contribution in [0.2, 0.25) is 0 Å². The number of hydrogen-bond donors (Lipinski definition) is 2. The third-order valence-electron chi connectivity index (χ3n) is 5.55. The first-order chi connectivity index (χ1) is 9.72. The van der Waals surface area contributed by atoms with E-state index in [-0.39, 0.29) is 16.9 Å². The monoisotopic (exact) mass is 275 g/mol. The molecule has 0 aromatic heterocycles. The molecule has 4 rings (SSSR count). The van der Waals surface area contributed by atoms with Gasteiger partial charge in [0, 0.05) is 18.4 Å². The lowest BCUT2D eigenvalue weighted by molar-refractivity contribution is 0.0107. The number of nitrogens with one attached hydrogen (secondary N) is 1. The minimum atomic E-state index is -0.391. The van der Waals surface area contributed by atoms with Gasteiger partial charge in [0.2, 0.25) is 0 Å².